The Bertz CT molecular complexity index is 542. The minimum Gasteiger partial charge on any atom is -0.391 e. The molecular formula is C12H23O14P. The highest BCUT2D eigenvalue weighted by atomic mass is 31.2. The van der Waals surface area contributed by atoms with Gasteiger partial charge in [0, 0.05) is 0 Å². The molecule has 14 nitrogen and oxygen atoms in total. The smallest absolute Gasteiger partial charge is 0.391 e. The predicted molar refractivity (Wildman–Crippen MR) is 79.6 cm³/mol. The van der Waals surface area contributed by atoms with Crippen molar-refractivity contribution in [2.45, 2.75) is 54.8 Å². The van der Waals surface area contributed by atoms with Gasteiger partial charge in [0.1, 0.15) is 42.7 Å². The van der Waals surface area contributed by atoms with Gasteiger partial charge in [0.05, 0.1) is 19.8 Å². The van der Waals surface area contributed by atoms with E-state index in [0.29, 0.717) is 0 Å². The summed E-state index contributed by atoms with van der Waals surface area (Å²) in [5.41, 5.74) is 0. The van der Waals surface area contributed by atoms with Gasteiger partial charge in [-0.3, -0.25) is 4.52 Å². The largest absolute Gasteiger partial charge is 0.469 e. The van der Waals surface area contributed by atoms with Gasteiger partial charge in [0.15, 0.2) is 6.29 Å². The molecule has 0 aromatic heterocycles. The van der Waals surface area contributed by atoms with E-state index in [0.717, 1.165) is 0 Å². The minimum absolute atomic E-state index is 0.558. The number of phosphoric ester groups is 1. The number of rotatable bonds is 6. The minimum atomic E-state index is -4.92. The molecule has 2 aliphatic heterocycles. The summed E-state index contributed by atoms with van der Waals surface area (Å²) in [6.07, 6.45) is -14.1. The van der Waals surface area contributed by atoms with E-state index in [1.165, 1.54) is 0 Å². The summed E-state index contributed by atoms with van der Waals surface area (Å²) in [6.45, 7) is -2.49. The normalized spacial score (nSPS) is 46.4. The fraction of sp³-hybridized carbons (Fsp3) is 1.00. The van der Waals surface area contributed by atoms with Crippen LogP contribution in [-0.2, 0) is 23.3 Å². The quantitative estimate of drug-likeness (QED) is 0.182. The second-order valence-electron chi connectivity index (χ2n) is 6.23. The van der Waals surface area contributed by atoms with Gasteiger partial charge in [-0.25, -0.2) is 4.57 Å². The maximum Gasteiger partial charge on any atom is 0.469 e. The molecule has 15 heteroatoms. The molecule has 0 aromatic rings. The zero-order valence-electron chi connectivity index (χ0n) is 13.8. The molecule has 2 rings (SSSR count). The molecule has 2 fully saturated rings. The Balaban J connectivity index is 2.12. The molecule has 0 amide bonds. The molecule has 2 saturated heterocycles. The third-order valence-electron chi connectivity index (χ3n) is 4.25. The molecule has 27 heavy (non-hydrogen) atoms. The summed E-state index contributed by atoms with van der Waals surface area (Å²) in [4.78, 5) is 17.4. The van der Waals surface area contributed by atoms with Gasteiger partial charge in [-0.1, -0.05) is 0 Å². The van der Waals surface area contributed by atoms with Crippen LogP contribution in [0.1, 0.15) is 0 Å². The van der Waals surface area contributed by atoms with Crippen molar-refractivity contribution in [3.63, 3.8) is 0 Å². The number of aliphatic hydroxyl groups is 7. The highest BCUT2D eigenvalue weighted by Gasteiger charge is 2.53. The lowest BCUT2D eigenvalue weighted by Crippen LogP contribution is -2.66. The number of ether oxygens (including phenoxy) is 3. The summed E-state index contributed by atoms with van der Waals surface area (Å²) in [5, 5.41) is 68.7. The first-order valence-corrected chi connectivity index (χ1v) is 9.31. The second-order valence-corrected chi connectivity index (χ2v) is 7.47. The van der Waals surface area contributed by atoms with E-state index in [1.807, 2.05) is 0 Å². The van der Waals surface area contributed by atoms with E-state index in [9.17, 15) is 35.2 Å². The predicted octanol–water partition coefficient (Wildman–Crippen LogP) is -5.28. The Morgan fingerprint density at radius 1 is 1.07 bits per heavy atom. The van der Waals surface area contributed by atoms with Crippen LogP contribution in [0.3, 0.4) is 0 Å². The van der Waals surface area contributed by atoms with Crippen molar-refractivity contribution in [2.75, 3.05) is 19.8 Å². The molecule has 0 unspecified atom stereocenters. The highest BCUT2D eigenvalue weighted by molar-refractivity contribution is 7.46. The van der Waals surface area contributed by atoms with E-state index in [2.05, 4.69) is 4.52 Å². The Morgan fingerprint density at radius 3 is 2.26 bits per heavy atom. The molecule has 2 heterocycles. The molecule has 0 radical (unpaired) electrons. The van der Waals surface area contributed by atoms with Crippen LogP contribution < -0.4 is 0 Å². The van der Waals surface area contributed by atoms with Gasteiger partial charge in [0.2, 0.25) is 5.79 Å². The number of phosphoric acid groups is 1. The maximum absolute atomic E-state index is 10.8. The molecule has 2 aliphatic rings. The first-order chi connectivity index (χ1) is 12.4. The second kappa shape index (κ2) is 8.61. The topological polar surface area (TPSA) is 236 Å². The lowest BCUT2D eigenvalue weighted by molar-refractivity contribution is -0.373. The fourth-order valence-electron chi connectivity index (χ4n) is 2.67. The van der Waals surface area contributed by atoms with Gasteiger partial charge < -0.3 is 59.7 Å². The standard InChI is InChI=1S/C12H23O14P/c13-3-12(19)10(18)9(4(14)1-23-12)26-11-8(17)7(16)6(15)5(25-11)2-24-27(20,21)22/h4-11,13-19H,1-3H2,(H2,20,21,22)/t4-,5-,6-,7+,8-,9-,10+,11-,12-/m1/s1. The van der Waals surface area contributed by atoms with Gasteiger partial charge in [0.25, 0.3) is 0 Å². The summed E-state index contributed by atoms with van der Waals surface area (Å²) in [6, 6.07) is 0. The maximum atomic E-state index is 10.8. The van der Waals surface area contributed by atoms with Crippen molar-refractivity contribution in [2.24, 2.45) is 0 Å². The van der Waals surface area contributed by atoms with Crippen molar-refractivity contribution in [1.82, 2.24) is 0 Å². The molecule has 0 saturated carbocycles. The van der Waals surface area contributed by atoms with E-state index in [1.54, 1.807) is 0 Å². The molecule has 9 atom stereocenters. The number of hydrogen-bond donors (Lipinski definition) is 9. The lowest BCUT2D eigenvalue weighted by Gasteiger charge is -2.46. The molecule has 160 valence electrons. The van der Waals surface area contributed by atoms with Crippen LogP contribution in [0.5, 0.6) is 0 Å². The van der Waals surface area contributed by atoms with Gasteiger partial charge in [-0.15, -0.1) is 0 Å². The third kappa shape index (κ3) is 5.20. The van der Waals surface area contributed by atoms with Crippen LogP contribution in [0.15, 0.2) is 0 Å². The van der Waals surface area contributed by atoms with Crippen molar-refractivity contribution in [3.8, 4) is 0 Å². The molecule has 0 bridgehead atoms. The Morgan fingerprint density at radius 2 is 1.70 bits per heavy atom. The molecule has 9 N–H and O–H groups in total. The van der Waals surface area contributed by atoms with E-state index >= 15 is 0 Å². The van der Waals surface area contributed by atoms with Crippen molar-refractivity contribution >= 4 is 7.82 Å². The first kappa shape index (κ1) is 23.0. The average molecular weight is 422 g/mol. The number of hydrogen-bond acceptors (Lipinski definition) is 12. The third-order valence-corrected chi connectivity index (χ3v) is 4.74. The van der Waals surface area contributed by atoms with Gasteiger partial charge in [-0.2, -0.15) is 0 Å². The summed E-state index contributed by atoms with van der Waals surface area (Å²) >= 11 is 0. The van der Waals surface area contributed by atoms with E-state index in [4.69, 9.17) is 29.1 Å². The molecule has 0 spiro atoms. The van der Waals surface area contributed by atoms with E-state index < -0.39 is 82.4 Å². The average Bonchev–Trinajstić information content (AvgIpc) is 2.60. The highest BCUT2D eigenvalue weighted by Crippen LogP contribution is 2.37. The Hall–Kier alpha value is -0.290. The zero-order valence-corrected chi connectivity index (χ0v) is 14.6. The van der Waals surface area contributed by atoms with Crippen molar-refractivity contribution in [1.29, 1.82) is 0 Å². The van der Waals surface area contributed by atoms with Crippen LogP contribution >= 0.6 is 7.82 Å². The summed E-state index contributed by atoms with van der Waals surface area (Å²) < 4.78 is 30.0. The monoisotopic (exact) mass is 422 g/mol. The van der Waals surface area contributed by atoms with Crippen LogP contribution in [-0.4, -0.2) is 120 Å². The molecule has 0 aromatic carbocycles. The molecule has 0 aliphatic carbocycles. The summed E-state index contributed by atoms with van der Waals surface area (Å²) in [5.74, 6) is -2.47. The van der Waals surface area contributed by atoms with Gasteiger partial charge >= 0.3 is 7.82 Å². The van der Waals surface area contributed by atoms with Crippen LogP contribution in [0.2, 0.25) is 0 Å². The van der Waals surface area contributed by atoms with Crippen LogP contribution in [0, 0.1) is 0 Å². The van der Waals surface area contributed by atoms with Crippen molar-refractivity contribution < 1.29 is 68.8 Å². The summed E-state index contributed by atoms with van der Waals surface area (Å²) in [7, 11) is -4.92. The number of aliphatic hydroxyl groups excluding tert-OH is 6. The molecular weight excluding hydrogens is 399 g/mol. The fourth-order valence-corrected chi connectivity index (χ4v) is 3.01. The van der Waals surface area contributed by atoms with E-state index in [-0.39, 0.29) is 0 Å². The zero-order chi connectivity index (χ0) is 20.6. The van der Waals surface area contributed by atoms with Gasteiger partial charge in [-0.05, 0) is 0 Å². The Labute approximate surface area is 152 Å². The Kier molecular flexibility index (Phi) is 7.33. The van der Waals surface area contributed by atoms with Crippen molar-refractivity contribution in [3.05, 3.63) is 0 Å². The van der Waals surface area contributed by atoms with Crippen LogP contribution in [0.4, 0.5) is 0 Å². The van der Waals surface area contributed by atoms with Crippen LogP contribution in [0.25, 0.3) is 0 Å². The first-order valence-electron chi connectivity index (χ1n) is 7.78. The lowest BCUT2D eigenvalue weighted by atomic mass is 9.96. The SMILES string of the molecule is O=P(O)(O)OC[C@H]1O[C@H](O[C@@H]2[C@H](O)CO[C@](O)(CO)[C@H]2O)[C@H](O)[C@@H](O)[C@@H]1O.